The van der Waals surface area contributed by atoms with Crippen LogP contribution in [0.25, 0.3) is 0 Å². The molecule has 0 bridgehead atoms. The highest BCUT2D eigenvalue weighted by molar-refractivity contribution is 14.0. The van der Waals surface area contributed by atoms with E-state index in [-0.39, 0.29) is 36.6 Å². The maximum absolute atomic E-state index is 12.2. The number of aliphatic imine (C=N–C) groups is 1. The topological polar surface area (TPSA) is 45.7 Å². The van der Waals surface area contributed by atoms with E-state index in [2.05, 4.69) is 31.6 Å². The molecule has 1 rings (SSSR count). The van der Waals surface area contributed by atoms with Crippen molar-refractivity contribution in [2.45, 2.75) is 32.5 Å². The zero-order chi connectivity index (χ0) is 17.3. The highest BCUT2D eigenvalue weighted by atomic mass is 127. The molecule has 4 nitrogen and oxygen atoms in total. The van der Waals surface area contributed by atoms with Crippen molar-refractivity contribution in [3.63, 3.8) is 0 Å². The predicted octanol–water partition coefficient (Wildman–Crippen LogP) is 4.34. The van der Waals surface area contributed by atoms with Gasteiger partial charge in [-0.3, -0.25) is 0 Å². The minimum Gasteiger partial charge on any atom is -0.488 e. The van der Waals surface area contributed by atoms with Gasteiger partial charge in [-0.25, -0.2) is 4.99 Å². The number of benzene rings is 1. The van der Waals surface area contributed by atoms with Gasteiger partial charge in [-0.15, -0.1) is 24.0 Å². The van der Waals surface area contributed by atoms with Crippen LogP contribution >= 0.6 is 39.9 Å². The molecule has 138 valence electrons. The molecule has 0 fully saturated rings. The van der Waals surface area contributed by atoms with Gasteiger partial charge in [0.2, 0.25) is 0 Å². The third kappa shape index (κ3) is 10.2. The summed E-state index contributed by atoms with van der Waals surface area (Å²) in [7, 11) is 0. The minimum absolute atomic E-state index is 0. The summed E-state index contributed by atoms with van der Waals surface area (Å²) in [5, 5.41) is 5.57. The molecule has 9 heteroatoms. The molecule has 0 amide bonds. The van der Waals surface area contributed by atoms with Crippen molar-refractivity contribution in [1.29, 1.82) is 0 Å². The van der Waals surface area contributed by atoms with Crippen LogP contribution in [-0.2, 0) is 0 Å². The van der Waals surface area contributed by atoms with Gasteiger partial charge in [0.25, 0.3) is 0 Å². The molecule has 0 saturated carbocycles. The first-order chi connectivity index (χ1) is 10.8. The van der Waals surface area contributed by atoms with Gasteiger partial charge in [-0.2, -0.15) is 13.2 Å². The van der Waals surface area contributed by atoms with Crippen LogP contribution in [0.5, 0.6) is 5.75 Å². The Morgan fingerprint density at radius 1 is 1.29 bits per heavy atom. The van der Waals surface area contributed by atoms with Crippen LogP contribution < -0.4 is 15.4 Å². The Morgan fingerprint density at radius 2 is 1.96 bits per heavy atom. The largest absolute Gasteiger partial charge is 0.488 e. The molecule has 0 saturated heterocycles. The highest BCUT2D eigenvalue weighted by Gasteiger charge is 2.26. The molecule has 2 N–H and O–H groups in total. The molecule has 0 spiro atoms. The predicted molar refractivity (Wildman–Crippen MR) is 104 cm³/mol. The van der Waals surface area contributed by atoms with E-state index >= 15 is 0 Å². The Labute approximate surface area is 165 Å². The van der Waals surface area contributed by atoms with Gasteiger partial charge in [0.15, 0.2) is 5.96 Å². The van der Waals surface area contributed by atoms with Crippen molar-refractivity contribution in [3.05, 3.63) is 28.7 Å². The molecule has 1 aromatic carbocycles. The Hall–Kier alpha value is -0.710. The van der Waals surface area contributed by atoms with Gasteiger partial charge < -0.3 is 15.4 Å². The number of halogens is 5. The number of alkyl halides is 3. The molecular weight excluding hydrogens is 502 g/mol. The van der Waals surface area contributed by atoms with Gasteiger partial charge in [0.1, 0.15) is 11.9 Å². The summed E-state index contributed by atoms with van der Waals surface area (Å²) in [5.41, 5.74) is 0. The minimum atomic E-state index is -4.18. The van der Waals surface area contributed by atoms with E-state index in [4.69, 9.17) is 4.74 Å². The van der Waals surface area contributed by atoms with Crippen molar-refractivity contribution in [2.75, 3.05) is 19.6 Å². The average molecular weight is 524 g/mol. The summed E-state index contributed by atoms with van der Waals surface area (Å²) in [6, 6.07) is 7.44. The quantitative estimate of drug-likeness (QED) is 0.317. The fourth-order valence-electron chi connectivity index (χ4n) is 1.68. The molecule has 1 atom stereocenters. The first-order valence-electron chi connectivity index (χ1n) is 7.32. The summed E-state index contributed by atoms with van der Waals surface area (Å²) < 4.78 is 43.1. The molecule has 0 radical (unpaired) electrons. The fraction of sp³-hybridized carbons (Fsp3) is 0.533. The van der Waals surface area contributed by atoms with Crippen LogP contribution in [0.2, 0.25) is 0 Å². The highest BCUT2D eigenvalue weighted by Crippen LogP contribution is 2.24. The van der Waals surface area contributed by atoms with Crippen LogP contribution in [0.15, 0.2) is 33.7 Å². The summed E-state index contributed by atoms with van der Waals surface area (Å²) in [4.78, 5) is 4.25. The van der Waals surface area contributed by atoms with Crippen molar-refractivity contribution in [3.8, 4) is 5.75 Å². The van der Waals surface area contributed by atoms with E-state index in [1.807, 2.05) is 38.1 Å². The number of para-hydroxylation sites is 1. The van der Waals surface area contributed by atoms with E-state index in [1.165, 1.54) is 0 Å². The van der Waals surface area contributed by atoms with Crippen LogP contribution in [0, 0.1) is 0 Å². The summed E-state index contributed by atoms with van der Waals surface area (Å²) >= 11 is 3.39. The standard InChI is InChI=1S/C15H21BrF3N3O.HI/c1-3-20-14(21-9-8-15(17,18)19)22-10-11(2)23-13-7-5-4-6-12(13)16;/h4-7,11H,3,8-10H2,1-2H3,(H2,20,21,22);1H. The number of rotatable bonds is 7. The smallest absolute Gasteiger partial charge is 0.390 e. The Bertz CT molecular complexity index is 515. The number of hydrogen-bond acceptors (Lipinski definition) is 2. The van der Waals surface area contributed by atoms with Crippen LogP contribution in [-0.4, -0.2) is 37.9 Å². The lowest BCUT2D eigenvalue weighted by Gasteiger charge is -2.16. The van der Waals surface area contributed by atoms with E-state index in [0.717, 1.165) is 4.47 Å². The maximum Gasteiger partial charge on any atom is 0.390 e. The zero-order valence-corrected chi connectivity index (χ0v) is 17.4. The Kier molecular flexibility index (Phi) is 11.4. The van der Waals surface area contributed by atoms with Crippen molar-refractivity contribution in [2.24, 2.45) is 4.99 Å². The van der Waals surface area contributed by atoms with E-state index in [9.17, 15) is 13.2 Å². The summed E-state index contributed by atoms with van der Waals surface area (Å²) in [5.74, 6) is 1.05. The third-order valence-electron chi connectivity index (χ3n) is 2.72. The summed E-state index contributed by atoms with van der Waals surface area (Å²) in [6.07, 6.45) is -5.30. The number of nitrogens with zero attached hydrogens (tertiary/aromatic N) is 1. The first kappa shape index (κ1) is 23.3. The number of hydrogen-bond donors (Lipinski definition) is 2. The molecule has 0 aliphatic carbocycles. The second kappa shape index (κ2) is 11.8. The molecule has 1 aromatic rings. The first-order valence-corrected chi connectivity index (χ1v) is 8.11. The molecule has 24 heavy (non-hydrogen) atoms. The van der Waals surface area contributed by atoms with Gasteiger partial charge in [-0.05, 0) is 41.9 Å². The van der Waals surface area contributed by atoms with E-state index in [1.54, 1.807) is 0 Å². The number of nitrogens with one attached hydrogen (secondary N) is 2. The molecule has 0 aromatic heterocycles. The normalized spacial score (nSPS) is 13.0. The molecule has 0 heterocycles. The van der Waals surface area contributed by atoms with Crippen molar-refractivity contribution < 1.29 is 17.9 Å². The van der Waals surface area contributed by atoms with Crippen LogP contribution in [0.4, 0.5) is 13.2 Å². The lowest BCUT2D eigenvalue weighted by atomic mass is 10.3. The van der Waals surface area contributed by atoms with Gasteiger partial charge in [0, 0.05) is 13.1 Å². The Balaban J connectivity index is 0.00000529. The van der Waals surface area contributed by atoms with Crippen LogP contribution in [0.3, 0.4) is 0 Å². The maximum atomic E-state index is 12.2. The Morgan fingerprint density at radius 3 is 2.54 bits per heavy atom. The SMILES string of the molecule is CCNC(=NCC(C)Oc1ccccc1Br)NCCC(F)(F)F.I. The third-order valence-corrected chi connectivity index (χ3v) is 3.37. The van der Waals surface area contributed by atoms with Gasteiger partial charge in [-0.1, -0.05) is 12.1 Å². The lowest BCUT2D eigenvalue weighted by Crippen LogP contribution is -2.39. The van der Waals surface area contributed by atoms with Gasteiger partial charge >= 0.3 is 6.18 Å². The monoisotopic (exact) mass is 523 g/mol. The van der Waals surface area contributed by atoms with E-state index in [0.29, 0.717) is 24.8 Å². The average Bonchev–Trinajstić information content (AvgIpc) is 2.46. The second-order valence-electron chi connectivity index (χ2n) is 4.87. The molecule has 1 unspecified atom stereocenters. The van der Waals surface area contributed by atoms with Crippen LogP contribution in [0.1, 0.15) is 20.3 Å². The molecule has 0 aliphatic rings. The summed E-state index contributed by atoms with van der Waals surface area (Å²) in [6.45, 7) is 4.37. The lowest BCUT2D eigenvalue weighted by molar-refractivity contribution is -0.132. The zero-order valence-electron chi connectivity index (χ0n) is 13.5. The van der Waals surface area contributed by atoms with E-state index < -0.39 is 12.6 Å². The number of ether oxygens (including phenoxy) is 1. The van der Waals surface area contributed by atoms with Gasteiger partial charge in [0.05, 0.1) is 17.4 Å². The number of guanidine groups is 1. The van der Waals surface area contributed by atoms with Crippen molar-refractivity contribution >= 4 is 45.9 Å². The molecular formula is C15H22BrF3IN3O. The van der Waals surface area contributed by atoms with Crippen molar-refractivity contribution in [1.82, 2.24) is 10.6 Å². The second-order valence-corrected chi connectivity index (χ2v) is 5.72. The molecule has 0 aliphatic heterocycles. The fourth-order valence-corrected chi connectivity index (χ4v) is 2.06.